The van der Waals surface area contributed by atoms with Gasteiger partial charge in [-0.05, 0) is 11.6 Å². The maximum absolute atomic E-state index is 11.2. The number of carboxylic acids is 1. The number of aldehydes is 1. The molecule has 116 valence electrons. The van der Waals surface area contributed by atoms with Gasteiger partial charge >= 0.3 is 5.97 Å². The Morgan fingerprint density at radius 3 is 2.61 bits per heavy atom. The third-order valence-electron chi connectivity index (χ3n) is 3.35. The summed E-state index contributed by atoms with van der Waals surface area (Å²) >= 11 is 0. The molecule has 0 saturated heterocycles. The minimum absolute atomic E-state index is 0.0974. The van der Waals surface area contributed by atoms with Gasteiger partial charge in [-0.3, -0.25) is 4.79 Å². The van der Waals surface area contributed by atoms with Gasteiger partial charge in [0.15, 0.2) is 6.29 Å². The van der Waals surface area contributed by atoms with Gasteiger partial charge in [0, 0.05) is 11.5 Å². The quantitative estimate of drug-likeness (QED) is 0.703. The van der Waals surface area contributed by atoms with E-state index >= 15 is 0 Å². The van der Waals surface area contributed by atoms with Gasteiger partial charge in [-0.25, -0.2) is 4.79 Å². The van der Waals surface area contributed by atoms with Crippen LogP contribution >= 0.6 is 0 Å². The highest BCUT2D eigenvalue weighted by Gasteiger charge is 2.21. The zero-order valence-electron chi connectivity index (χ0n) is 11.9. The number of aromatic carboxylic acids is 1. The van der Waals surface area contributed by atoms with Gasteiger partial charge in [-0.1, -0.05) is 30.3 Å². The Morgan fingerprint density at radius 2 is 1.96 bits per heavy atom. The summed E-state index contributed by atoms with van der Waals surface area (Å²) in [5, 5.41) is 19.4. The van der Waals surface area contributed by atoms with E-state index in [1.54, 1.807) is 0 Å². The zero-order valence-corrected chi connectivity index (χ0v) is 11.9. The van der Waals surface area contributed by atoms with Crippen molar-refractivity contribution < 1.29 is 29.0 Å². The minimum atomic E-state index is -1.25. The molecule has 0 spiro atoms. The van der Waals surface area contributed by atoms with Crippen LogP contribution in [0.5, 0.6) is 11.7 Å². The van der Waals surface area contributed by atoms with Gasteiger partial charge in [0.05, 0.1) is 5.56 Å². The van der Waals surface area contributed by atoms with E-state index in [9.17, 15) is 14.7 Å². The van der Waals surface area contributed by atoms with Crippen LogP contribution in [0, 0.1) is 0 Å². The molecule has 0 radical (unpaired) electrons. The van der Waals surface area contributed by atoms with Crippen molar-refractivity contribution in [2.75, 3.05) is 6.61 Å². The average Bonchev–Trinajstić information content (AvgIpc) is 2.89. The fourth-order valence-electron chi connectivity index (χ4n) is 2.37. The predicted molar refractivity (Wildman–Crippen MR) is 81.8 cm³/mol. The van der Waals surface area contributed by atoms with Gasteiger partial charge in [-0.2, -0.15) is 0 Å². The number of carboxylic acid groups (broad SMARTS) is 1. The van der Waals surface area contributed by atoms with Gasteiger partial charge in [0.25, 0.3) is 5.95 Å². The monoisotopic (exact) mass is 312 g/mol. The number of fused-ring (bicyclic) bond motifs is 1. The highest BCUT2D eigenvalue weighted by atomic mass is 16.6. The first-order valence-corrected chi connectivity index (χ1v) is 6.76. The van der Waals surface area contributed by atoms with Gasteiger partial charge in [0.2, 0.25) is 0 Å². The number of benzene rings is 2. The number of hydrogen-bond acceptors (Lipinski definition) is 5. The summed E-state index contributed by atoms with van der Waals surface area (Å²) in [6, 6.07) is 11.6. The lowest BCUT2D eigenvalue weighted by atomic mass is 10.0. The number of furan rings is 1. The van der Waals surface area contributed by atoms with Crippen molar-refractivity contribution in [3.63, 3.8) is 0 Å². The van der Waals surface area contributed by atoms with Crippen LogP contribution in [-0.4, -0.2) is 29.1 Å². The first-order valence-electron chi connectivity index (χ1n) is 6.76. The van der Waals surface area contributed by atoms with Crippen molar-refractivity contribution in [1.82, 2.24) is 0 Å². The number of ether oxygens (including phenoxy) is 1. The van der Waals surface area contributed by atoms with Crippen molar-refractivity contribution in [2.24, 2.45) is 0 Å². The molecule has 0 unspecified atom stereocenters. The molecular weight excluding hydrogens is 300 g/mol. The fraction of sp³-hybridized carbons (Fsp3) is 0.0588. The third-order valence-corrected chi connectivity index (χ3v) is 3.35. The summed E-state index contributed by atoms with van der Waals surface area (Å²) < 4.78 is 10.8. The van der Waals surface area contributed by atoms with Gasteiger partial charge < -0.3 is 19.4 Å². The molecule has 0 saturated carbocycles. The molecule has 1 heterocycles. The van der Waals surface area contributed by atoms with E-state index in [2.05, 4.69) is 0 Å². The van der Waals surface area contributed by atoms with Crippen molar-refractivity contribution in [2.45, 2.75) is 0 Å². The summed E-state index contributed by atoms with van der Waals surface area (Å²) in [5.74, 6) is -1.56. The molecule has 0 atom stereocenters. The SMILES string of the molecule is O=CCOc1oc2cc(O)c(C(=O)O)cc2c1-c1ccccc1. The van der Waals surface area contributed by atoms with E-state index in [1.807, 2.05) is 30.3 Å². The molecule has 2 N–H and O–H groups in total. The van der Waals surface area contributed by atoms with E-state index in [0.29, 0.717) is 17.2 Å². The van der Waals surface area contributed by atoms with Crippen LogP contribution in [0.3, 0.4) is 0 Å². The average molecular weight is 312 g/mol. The Bertz CT molecular complexity index is 879. The van der Waals surface area contributed by atoms with E-state index in [4.69, 9.17) is 14.3 Å². The summed E-state index contributed by atoms with van der Waals surface area (Å²) in [7, 11) is 0. The standard InChI is InChI=1S/C17H12O6/c18-6-7-22-17-15(10-4-2-1-3-5-10)12-8-11(16(20)21)13(19)9-14(12)23-17/h1-6,8-9,19H,7H2,(H,20,21). The molecule has 3 rings (SSSR count). The number of phenols is 1. The molecule has 6 heteroatoms. The minimum Gasteiger partial charge on any atom is -0.507 e. The summed E-state index contributed by atoms with van der Waals surface area (Å²) in [5.41, 5.74) is 1.31. The fourth-order valence-corrected chi connectivity index (χ4v) is 2.37. The van der Waals surface area contributed by atoms with Crippen LogP contribution in [0.25, 0.3) is 22.1 Å². The summed E-state index contributed by atoms with van der Waals surface area (Å²) in [4.78, 5) is 21.8. The van der Waals surface area contributed by atoms with Crippen LogP contribution in [0.1, 0.15) is 10.4 Å². The second-order valence-corrected chi connectivity index (χ2v) is 4.78. The Kier molecular flexibility index (Phi) is 3.72. The number of carbonyl (C=O) groups is 2. The first kappa shape index (κ1) is 14.6. The third kappa shape index (κ3) is 2.62. The lowest BCUT2D eigenvalue weighted by Crippen LogP contribution is -1.98. The normalized spacial score (nSPS) is 10.6. The van der Waals surface area contributed by atoms with Crippen LogP contribution < -0.4 is 4.74 Å². The van der Waals surface area contributed by atoms with Gasteiger partial charge in [0.1, 0.15) is 23.5 Å². The molecule has 1 aromatic heterocycles. The van der Waals surface area contributed by atoms with E-state index in [1.165, 1.54) is 12.1 Å². The Balaban J connectivity index is 2.29. The Hall–Kier alpha value is -3.28. The molecule has 6 nitrogen and oxygen atoms in total. The van der Waals surface area contributed by atoms with Crippen molar-refractivity contribution in [1.29, 1.82) is 0 Å². The molecule has 0 bridgehead atoms. The van der Waals surface area contributed by atoms with E-state index in [0.717, 1.165) is 5.56 Å². The largest absolute Gasteiger partial charge is 0.507 e. The smallest absolute Gasteiger partial charge is 0.339 e. The number of rotatable bonds is 5. The highest BCUT2D eigenvalue weighted by molar-refractivity contribution is 6.03. The van der Waals surface area contributed by atoms with Crippen LogP contribution in [0.2, 0.25) is 0 Å². The molecule has 23 heavy (non-hydrogen) atoms. The predicted octanol–water partition coefficient (Wildman–Crippen LogP) is 3.08. The highest BCUT2D eigenvalue weighted by Crippen LogP contribution is 2.42. The summed E-state index contributed by atoms with van der Waals surface area (Å²) in [6.45, 7) is -0.197. The number of carbonyl (C=O) groups excluding carboxylic acids is 1. The lowest BCUT2D eigenvalue weighted by Gasteiger charge is -2.03. The summed E-state index contributed by atoms with van der Waals surface area (Å²) in [6.07, 6.45) is 0.585. The van der Waals surface area contributed by atoms with Gasteiger partial charge in [-0.15, -0.1) is 0 Å². The molecule has 0 aliphatic carbocycles. The van der Waals surface area contributed by atoms with Crippen molar-refractivity contribution in [3.8, 4) is 22.8 Å². The Morgan fingerprint density at radius 1 is 1.22 bits per heavy atom. The van der Waals surface area contributed by atoms with E-state index < -0.39 is 11.7 Å². The molecule has 0 aliphatic heterocycles. The number of hydrogen-bond donors (Lipinski definition) is 2. The number of aromatic hydroxyl groups is 1. The Labute approximate surface area is 130 Å². The molecule has 3 aromatic rings. The van der Waals surface area contributed by atoms with Crippen LogP contribution in [0.4, 0.5) is 0 Å². The molecule has 0 fully saturated rings. The van der Waals surface area contributed by atoms with E-state index in [-0.39, 0.29) is 23.7 Å². The van der Waals surface area contributed by atoms with Crippen LogP contribution in [0.15, 0.2) is 46.9 Å². The second-order valence-electron chi connectivity index (χ2n) is 4.78. The zero-order chi connectivity index (χ0) is 16.4. The second kappa shape index (κ2) is 5.84. The van der Waals surface area contributed by atoms with Crippen molar-refractivity contribution in [3.05, 3.63) is 48.0 Å². The molecule has 0 amide bonds. The first-order chi connectivity index (χ1) is 11.1. The van der Waals surface area contributed by atoms with Crippen molar-refractivity contribution >= 4 is 23.2 Å². The maximum atomic E-state index is 11.2. The molecule has 0 aliphatic rings. The topological polar surface area (TPSA) is 97.0 Å². The van der Waals surface area contributed by atoms with Crippen LogP contribution in [-0.2, 0) is 4.79 Å². The lowest BCUT2D eigenvalue weighted by molar-refractivity contribution is -0.109. The molecule has 2 aromatic carbocycles. The maximum Gasteiger partial charge on any atom is 0.339 e. The molecular formula is C17H12O6.